The standard InChI is InChI=1S/C23H26F3NO6/c1-6-31-20(28)17-13(4)27(22(30)33-8-3)14(5)18(21(29)32-7-2)19(17)15-9-11-16(12-10-15)23(24,25)26/h9-12,19H,6-8H2,1-5H3. The molecule has 1 amide bonds. The summed E-state index contributed by atoms with van der Waals surface area (Å²) in [7, 11) is 0. The van der Waals surface area contributed by atoms with Gasteiger partial charge in [0, 0.05) is 11.4 Å². The van der Waals surface area contributed by atoms with Crippen molar-refractivity contribution in [3.05, 3.63) is 57.9 Å². The second-order valence-corrected chi connectivity index (χ2v) is 7.03. The summed E-state index contributed by atoms with van der Waals surface area (Å²) in [6.07, 6.45) is -5.38. The van der Waals surface area contributed by atoms with E-state index in [1.54, 1.807) is 20.8 Å². The zero-order chi connectivity index (χ0) is 24.9. The number of amides is 1. The molecule has 1 aliphatic rings. The van der Waals surface area contributed by atoms with Gasteiger partial charge in [0.2, 0.25) is 0 Å². The second-order valence-electron chi connectivity index (χ2n) is 7.03. The van der Waals surface area contributed by atoms with E-state index in [2.05, 4.69) is 0 Å². The lowest BCUT2D eigenvalue weighted by Gasteiger charge is -2.36. The van der Waals surface area contributed by atoms with E-state index in [1.807, 2.05) is 0 Å². The van der Waals surface area contributed by atoms with Gasteiger partial charge < -0.3 is 14.2 Å². The first-order valence-electron chi connectivity index (χ1n) is 10.4. The summed E-state index contributed by atoms with van der Waals surface area (Å²) in [5.41, 5.74) is -0.510. The SMILES string of the molecule is CCOC(=O)C1=C(C)N(C(=O)OCC)C(C)=C(C(=O)OCC)C1c1ccc(C(F)(F)F)cc1. The van der Waals surface area contributed by atoms with Crippen LogP contribution in [0.4, 0.5) is 18.0 Å². The fourth-order valence-electron chi connectivity index (χ4n) is 3.66. The third-order valence-electron chi connectivity index (χ3n) is 5.04. The maximum absolute atomic E-state index is 13.1. The molecule has 0 saturated heterocycles. The Morgan fingerprint density at radius 3 is 1.61 bits per heavy atom. The number of carbonyl (C=O) groups excluding carboxylic acids is 3. The topological polar surface area (TPSA) is 82.1 Å². The van der Waals surface area contributed by atoms with Gasteiger partial charge in [0.25, 0.3) is 0 Å². The normalized spacial score (nSPS) is 15.0. The summed E-state index contributed by atoms with van der Waals surface area (Å²) in [6.45, 7) is 7.78. The largest absolute Gasteiger partial charge is 0.463 e. The monoisotopic (exact) mass is 469 g/mol. The van der Waals surface area contributed by atoms with Gasteiger partial charge in [-0.05, 0) is 52.3 Å². The summed E-state index contributed by atoms with van der Waals surface area (Å²) in [5.74, 6) is -2.75. The number of carbonyl (C=O) groups is 3. The van der Waals surface area contributed by atoms with Crippen molar-refractivity contribution in [3.8, 4) is 0 Å². The molecule has 0 atom stereocenters. The lowest BCUT2D eigenvalue weighted by Crippen LogP contribution is -2.38. The highest BCUT2D eigenvalue weighted by atomic mass is 19.4. The summed E-state index contributed by atoms with van der Waals surface area (Å²) in [5, 5.41) is 0. The first-order valence-corrected chi connectivity index (χ1v) is 10.4. The third-order valence-corrected chi connectivity index (χ3v) is 5.04. The fourth-order valence-corrected chi connectivity index (χ4v) is 3.66. The predicted octanol–water partition coefficient (Wildman–Crippen LogP) is 4.94. The van der Waals surface area contributed by atoms with Crippen LogP contribution in [0, 0.1) is 0 Å². The van der Waals surface area contributed by atoms with E-state index in [0.717, 1.165) is 17.0 Å². The Morgan fingerprint density at radius 2 is 1.24 bits per heavy atom. The lowest BCUT2D eigenvalue weighted by atomic mass is 9.79. The number of benzene rings is 1. The molecule has 0 N–H and O–H groups in total. The molecule has 1 heterocycles. The Bertz CT molecular complexity index is 937. The van der Waals surface area contributed by atoms with Gasteiger partial charge in [-0.2, -0.15) is 13.2 Å². The highest BCUT2D eigenvalue weighted by Crippen LogP contribution is 2.43. The number of hydrogen-bond acceptors (Lipinski definition) is 6. The minimum Gasteiger partial charge on any atom is -0.463 e. The first kappa shape index (κ1) is 26.0. The van der Waals surface area contributed by atoms with E-state index in [9.17, 15) is 27.6 Å². The number of esters is 2. The smallest absolute Gasteiger partial charge is 0.418 e. The van der Waals surface area contributed by atoms with Gasteiger partial charge in [-0.3, -0.25) is 4.90 Å². The fraction of sp³-hybridized carbons (Fsp3) is 0.435. The number of rotatable bonds is 6. The van der Waals surface area contributed by atoms with E-state index in [0.29, 0.717) is 0 Å². The van der Waals surface area contributed by atoms with Crippen LogP contribution < -0.4 is 0 Å². The third kappa shape index (κ3) is 5.37. The Morgan fingerprint density at radius 1 is 0.818 bits per heavy atom. The van der Waals surface area contributed by atoms with Crippen LogP contribution in [-0.4, -0.2) is 42.8 Å². The summed E-state index contributed by atoms with van der Waals surface area (Å²) >= 11 is 0. The average Bonchev–Trinajstić information content (AvgIpc) is 2.73. The van der Waals surface area contributed by atoms with Gasteiger partial charge >= 0.3 is 24.2 Å². The summed E-state index contributed by atoms with van der Waals surface area (Å²) in [6, 6.07) is 4.10. The van der Waals surface area contributed by atoms with Crippen molar-refractivity contribution < 1.29 is 41.8 Å². The zero-order valence-corrected chi connectivity index (χ0v) is 19.0. The highest BCUT2D eigenvalue weighted by Gasteiger charge is 2.43. The van der Waals surface area contributed by atoms with E-state index in [1.165, 1.54) is 26.0 Å². The van der Waals surface area contributed by atoms with Crippen LogP contribution in [0.5, 0.6) is 0 Å². The van der Waals surface area contributed by atoms with Crippen LogP contribution in [0.15, 0.2) is 46.8 Å². The van der Waals surface area contributed by atoms with Crippen LogP contribution in [0.25, 0.3) is 0 Å². The molecular weight excluding hydrogens is 443 g/mol. The molecule has 0 saturated carbocycles. The Kier molecular flexibility index (Phi) is 8.29. The number of ether oxygens (including phenoxy) is 3. The molecule has 0 unspecified atom stereocenters. The Labute approximate surface area is 189 Å². The molecule has 1 aliphatic heterocycles. The molecule has 1 aromatic carbocycles. The molecule has 0 aromatic heterocycles. The van der Waals surface area contributed by atoms with Crippen molar-refractivity contribution in [2.45, 2.75) is 46.7 Å². The van der Waals surface area contributed by atoms with Gasteiger partial charge in [0.1, 0.15) is 0 Å². The molecule has 33 heavy (non-hydrogen) atoms. The summed E-state index contributed by atoms with van der Waals surface area (Å²) in [4.78, 5) is 39.7. The maximum atomic E-state index is 13.1. The van der Waals surface area contributed by atoms with E-state index >= 15 is 0 Å². The number of halogens is 3. The van der Waals surface area contributed by atoms with E-state index in [4.69, 9.17) is 14.2 Å². The van der Waals surface area contributed by atoms with Crippen LogP contribution >= 0.6 is 0 Å². The second kappa shape index (κ2) is 10.5. The Balaban J connectivity index is 2.80. The predicted molar refractivity (Wildman–Crippen MR) is 112 cm³/mol. The van der Waals surface area contributed by atoms with Crippen LogP contribution in [-0.2, 0) is 30.0 Å². The summed E-state index contributed by atoms with van der Waals surface area (Å²) < 4.78 is 54.7. The average molecular weight is 469 g/mol. The zero-order valence-electron chi connectivity index (χ0n) is 19.0. The quantitative estimate of drug-likeness (QED) is 0.434. The molecule has 180 valence electrons. The number of nitrogens with zero attached hydrogens (tertiary/aromatic N) is 1. The van der Waals surface area contributed by atoms with Gasteiger partial charge in [0.05, 0.1) is 42.4 Å². The van der Waals surface area contributed by atoms with Gasteiger partial charge in [-0.1, -0.05) is 12.1 Å². The van der Waals surface area contributed by atoms with Crippen LogP contribution in [0.3, 0.4) is 0 Å². The van der Waals surface area contributed by atoms with Crippen molar-refractivity contribution in [1.82, 2.24) is 4.90 Å². The molecule has 2 rings (SSSR count). The molecule has 7 nitrogen and oxygen atoms in total. The van der Waals surface area contributed by atoms with Crippen molar-refractivity contribution in [1.29, 1.82) is 0 Å². The number of allylic oxidation sites excluding steroid dienone is 2. The van der Waals surface area contributed by atoms with E-state index in [-0.39, 0.29) is 47.9 Å². The molecule has 10 heteroatoms. The van der Waals surface area contributed by atoms with Gasteiger partial charge in [-0.25, -0.2) is 14.4 Å². The van der Waals surface area contributed by atoms with Gasteiger partial charge in [-0.15, -0.1) is 0 Å². The molecule has 0 radical (unpaired) electrons. The van der Waals surface area contributed by atoms with Crippen LogP contribution in [0.2, 0.25) is 0 Å². The number of hydrogen-bond donors (Lipinski definition) is 0. The molecule has 1 aromatic rings. The molecule has 0 fully saturated rings. The first-order chi connectivity index (χ1) is 15.5. The molecule has 0 bridgehead atoms. The molecule has 0 spiro atoms. The maximum Gasteiger partial charge on any atom is 0.418 e. The molecular formula is C23H26F3NO6. The minimum absolute atomic E-state index is 0.00614. The van der Waals surface area contributed by atoms with Crippen molar-refractivity contribution in [3.63, 3.8) is 0 Å². The van der Waals surface area contributed by atoms with Gasteiger partial charge in [0.15, 0.2) is 0 Å². The van der Waals surface area contributed by atoms with Crippen molar-refractivity contribution >= 4 is 18.0 Å². The molecule has 0 aliphatic carbocycles. The highest BCUT2D eigenvalue weighted by molar-refractivity contribution is 6.01. The van der Waals surface area contributed by atoms with Crippen molar-refractivity contribution in [2.75, 3.05) is 19.8 Å². The lowest BCUT2D eigenvalue weighted by molar-refractivity contribution is -0.140. The Hall–Kier alpha value is -3.30. The number of alkyl halides is 3. The van der Waals surface area contributed by atoms with Crippen molar-refractivity contribution in [2.24, 2.45) is 0 Å². The van der Waals surface area contributed by atoms with Crippen LogP contribution in [0.1, 0.15) is 51.7 Å². The van der Waals surface area contributed by atoms with E-state index < -0.39 is 35.7 Å². The minimum atomic E-state index is -4.56.